The molecule has 5 nitrogen and oxygen atoms in total. The molecule has 2 saturated heterocycles. The summed E-state index contributed by atoms with van der Waals surface area (Å²) < 4.78 is 40.2. The van der Waals surface area contributed by atoms with E-state index in [-0.39, 0.29) is 17.3 Å². The summed E-state index contributed by atoms with van der Waals surface area (Å²) in [6.07, 6.45) is -1.51. The lowest BCUT2D eigenvalue weighted by molar-refractivity contribution is -0.136. The van der Waals surface area contributed by atoms with E-state index in [1.807, 2.05) is 0 Å². The molecule has 2 aliphatic rings. The Morgan fingerprint density at radius 1 is 1.23 bits per heavy atom. The van der Waals surface area contributed by atoms with Gasteiger partial charge in [-0.3, -0.25) is 9.78 Å². The summed E-state index contributed by atoms with van der Waals surface area (Å²) >= 11 is 0. The van der Waals surface area contributed by atoms with Crippen molar-refractivity contribution in [3.63, 3.8) is 0 Å². The number of hydrogen-bond acceptors (Lipinski definition) is 4. The minimum absolute atomic E-state index is 0.0142. The molecule has 1 amide bonds. The van der Waals surface area contributed by atoms with Crippen LogP contribution in [0.4, 0.5) is 18.9 Å². The zero-order chi connectivity index (χ0) is 21.3. The van der Waals surface area contributed by atoms with E-state index in [0.29, 0.717) is 36.7 Å². The predicted molar refractivity (Wildman–Crippen MR) is 110 cm³/mol. The van der Waals surface area contributed by atoms with E-state index in [9.17, 15) is 18.0 Å². The highest BCUT2D eigenvalue weighted by atomic mass is 19.4. The number of halogens is 3. The first-order chi connectivity index (χ1) is 14.3. The fourth-order valence-corrected chi connectivity index (χ4v) is 4.57. The van der Waals surface area contributed by atoms with Gasteiger partial charge in [-0.05, 0) is 61.5 Å². The lowest BCUT2D eigenvalue weighted by Gasteiger charge is -2.39. The molecule has 1 aromatic heterocycles. The van der Waals surface area contributed by atoms with Gasteiger partial charge in [-0.2, -0.15) is 13.2 Å². The first-order valence-corrected chi connectivity index (χ1v) is 10.5. The number of hydrogen-bond donors (Lipinski definition) is 2. The van der Waals surface area contributed by atoms with Crippen LogP contribution in [0.2, 0.25) is 0 Å². The number of nitrogens with zero attached hydrogens (tertiary/aromatic N) is 2. The van der Waals surface area contributed by atoms with Crippen molar-refractivity contribution >= 4 is 22.5 Å². The van der Waals surface area contributed by atoms with Crippen LogP contribution in [0.15, 0.2) is 30.5 Å². The van der Waals surface area contributed by atoms with E-state index in [2.05, 4.69) is 27.4 Å². The normalized spacial score (nSPS) is 22.7. The number of aromatic nitrogens is 1. The molecule has 2 fully saturated rings. The van der Waals surface area contributed by atoms with Crippen LogP contribution < -0.4 is 15.5 Å². The maximum Gasteiger partial charge on any atom is 0.418 e. The van der Waals surface area contributed by atoms with Crippen LogP contribution in [0.5, 0.6) is 0 Å². The molecule has 3 heterocycles. The molecule has 4 rings (SSSR count). The average Bonchev–Trinajstić information content (AvgIpc) is 2.67. The standard InChI is InChI=1S/C22H27F3N4O/c1-14-7-16(11-28-20(30)8-15-9-26-10-15)13-29(12-14)19-5-4-18(22(23,24)25)21-17(19)3-2-6-27-21/h2-6,14-16,26H,7-13H2,1H3,(H,28,30)/t14-,16?/m0/s1. The smallest absolute Gasteiger partial charge is 0.370 e. The molecule has 162 valence electrons. The van der Waals surface area contributed by atoms with Gasteiger partial charge in [0.05, 0.1) is 11.1 Å². The van der Waals surface area contributed by atoms with Gasteiger partial charge >= 0.3 is 6.18 Å². The zero-order valence-electron chi connectivity index (χ0n) is 17.0. The van der Waals surface area contributed by atoms with Crippen LogP contribution in [0.25, 0.3) is 10.9 Å². The van der Waals surface area contributed by atoms with Gasteiger partial charge in [-0.1, -0.05) is 6.92 Å². The van der Waals surface area contributed by atoms with Crippen molar-refractivity contribution in [2.45, 2.75) is 25.9 Å². The van der Waals surface area contributed by atoms with Gasteiger partial charge in [0.1, 0.15) is 0 Å². The van der Waals surface area contributed by atoms with Crippen LogP contribution in [0, 0.1) is 17.8 Å². The van der Waals surface area contributed by atoms with Crippen molar-refractivity contribution in [2.24, 2.45) is 17.8 Å². The highest BCUT2D eigenvalue weighted by Crippen LogP contribution is 2.38. The van der Waals surface area contributed by atoms with Gasteiger partial charge in [0.15, 0.2) is 0 Å². The largest absolute Gasteiger partial charge is 0.418 e. The van der Waals surface area contributed by atoms with Crippen molar-refractivity contribution in [1.29, 1.82) is 0 Å². The van der Waals surface area contributed by atoms with Gasteiger partial charge < -0.3 is 15.5 Å². The number of pyridine rings is 1. The topological polar surface area (TPSA) is 57.3 Å². The minimum atomic E-state index is -4.44. The molecular formula is C22H27F3N4O. The summed E-state index contributed by atoms with van der Waals surface area (Å²) in [5, 5.41) is 6.74. The quantitative estimate of drug-likeness (QED) is 0.778. The summed E-state index contributed by atoms with van der Waals surface area (Å²) in [7, 11) is 0. The average molecular weight is 420 g/mol. The Labute approximate surface area is 174 Å². The molecule has 2 aromatic rings. The summed E-state index contributed by atoms with van der Waals surface area (Å²) in [5.41, 5.74) is 0.0513. The first-order valence-electron chi connectivity index (χ1n) is 10.5. The maximum atomic E-state index is 13.4. The monoisotopic (exact) mass is 420 g/mol. The van der Waals surface area contributed by atoms with Crippen LogP contribution in [0.1, 0.15) is 25.3 Å². The molecule has 1 aromatic carbocycles. The molecule has 2 aliphatic heterocycles. The number of alkyl halides is 3. The third-order valence-corrected chi connectivity index (χ3v) is 6.07. The maximum absolute atomic E-state index is 13.4. The van der Waals surface area contributed by atoms with E-state index in [1.165, 1.54) is 6.20 Å². The SMILES string of the molecule is C[C@H]1CC(CNC(=O)CC2CNC2)CN(c2ccc(C(F)(F)F)c3ncccc23)C1. The molecule has 2 atom stereocenters. The van der Waals surface area contributed by atoms with Crippen LogP contribution in [0.3, 0.4) is 0 Å². The fraction of sp³-hybridized carbons (Fsp3) is 0.545. The van der Waals surface area contributed by atoms with E-state index < -0.39 is 11.7 Å². The predicted octanol–water partition coefficient (Wildman–Crippen LogP) is 3.44. The van der Waals surface area contributed by atoms with E-state index in [4.69, 9.17) is 0 Å². The van der Waals surface area contributed by atoms with E-state index in [1.54, 1.807) is 18.2 Å². The number of carbonyl (C=O) groups excluding carboxylic acids is 1. The molecule has 0 spiro atoms. The molecule has 0 saturated carbocycles. The molecule has 0 bridgehead atoms. The summed E-state index contributed by atoms with van der Waals surface area (Å²) in [5.74, 6) is 1.14. The number of rotatable bonds is 5. The number of piperidine rings is 1. The Hall–Kier alpha value is -2.35. The number of benzene rings is 1. The second-order valence-corrected chi connectivity index (χ2v) is 8.67. The first kappa shape index (κ1) is 20.9. The van der Waals surface area contributed by atoms with Crippen molar-refractivity contribution in [3.05, 3.63) is 36.0 Å². The van der Waals surface area contributed by atoms with Crippen molar-refractivity contribution < 1.29 is 18.0 Å². The highest BCUT2D eigenvalue weighted by Gasteiger charge is 2.34. The number of fused-ring (bicyclic) bond motifs is 1. The number of nitrogens with one attached hydrogen (secondary N) is 2. The van der Waals surface area contributed by atoms with Gasteiger partial charge in [0.2, 0.25) is 5.91 Å². The van der Waals surface area contributed by atoms with Gasteiger partial charge in [0.25, 0.3) is 0 Å². The molecule has 30 heavy (non-hydrogen) atoms. The van der Waals surface area contributed by atoms with Crippen molar-refractivity contribution in [3.8, 4) is 0 Å². The van der Waals surface area contributed by atoms with Crippen molar-refractivity contribution in [1.82, 2.24) is 15.6 Å². The van der Waals surface area contributed by atoms with Crippen LogP contribution in [-0.4, -0.2) is 43.6 Å². The second-order valence-electron chi connectivity index (χ2n) is 8.67. The molecule has 2 N–H and O–H groups in total. The summed E-state index contributed by atoms with van der Waals surface area (Å²) in [4.78, 5) is 18.3. The van der Waals surface area contributed by atoms with E-state index >= 15 is 0 Å². The van der Waals surface area contributed by atoms with Crippen molar-refractivity contribution in [2.75, 3.05) is 37.6 Å². The van der Waals surface area contributed by atoms with Crippen LogP contribution >= 0.6 is 0 Å². The third kappa shape index (κ3) is 4.53. The Kier molecular flexibility index (Phi) is 5.86. The number of amides is 1. The van der Waals surface area contributed by atoms with Gasteiger partial charge in [0, 0.05) is 43.3 Å². The third-order valence-electron chi connectivity index (χ3n) is 6.07. The van der Waals surface area contributed by atoms with Gasteiger partial charge in [-0.25, -0.2) is 0 Å². The van der Waals surface area contributed by atoms with Crippen LogP contribution in [-0.2, 0) is 11.0 Å². The molecule has 1 unspecified atom stereocenters. The lowest BCUT2D eigenvalue weighted by Crippen LogP contribution is -2.46. The molecule has 8 heteroatoms. The highest BCUT2D eigenvalue weighted by molar-refractivity contribution is 5.94. The Morgan fingerprint density at radius 2 is 2.03 bits per heavy atom. The molecule has 0 aliphatic carbocycles. The summed E-state index contributed by atoms with van der Waals surface area (Å²) in [6.45, 7) is 6.01. The Bertz CT molecular complexity index is 913. The minimum Gasteiger partial charge on any atom is -0.370 e. The van der Waals surface area contributed by atoms with E-state index in [0.717, 1.165) is 37.8 Å². The zero-order valence-corrected chi connectivity index (χ0v) is 17.0. The molecule has 0 radical (unpaired) electrons. The fourth-order valence-electron chi connectivity index (χ4n) is 4.57. The molecular weight excluding hydrogens is 393 g/mol. The van der Waals surface area contributed by atoms with Gasteiger partial charge in [-0.15, -0.1) is 0 Å². The lowest BCUT2D eigenvalue weighted by atomic mass is 9.89. The Morgan fingerprint density at radius 3 is 2.73 bits per heavy atom. The summed E-state index contributed by atoms with van der Waals surface area (Å²) in [6, 6.07) is 6.07. The second kappa shape index (κ2) is 8.41. The number of carbonyl (C=O) groups is 1. The number of anilines is 1. The Balaban J connectivity index is 1.50.